The lowest BCUT2D eigenvalue weighted by molar-refractivity contribution is 0.474. The van der Waals surface area contributed by atoms with Crippen LogP contribution in [-0.2, 0) is 16.6 Å². The Balaban J connectivity index is 2.12. The summed E-state index contributed by atoms with van der Waals surface area (Å²) in [5.74, 6) is 0. The molecule has 0 amide bonds. The predicted octanol–water partition coefficient (Wildman–Crippen LogP) is 1.68. The van der Waals surface area contributed by atoms with Crippen molar-refractivity contribution in [2.24, 2.45) is 5.41 Å². The Kier molecular flexibility index (Phi) is 4.75. The minimum atomic E-state index is -3.55. The standard InChI is InChI=1S/C14H26N4O2S/c1-5-14(6-7-14)9-16-21(19,20)13-12(8-15-10(2)3)11(4)17-18-13/h10,15-16H,5-9H2,1-4H3,(H,17,18). The van der Waals surface area contributed by atoms with Crippen LogP contribution >= 0.6 is 0 Å². The van der Waals surface area contributed by atoms with Crippen LogP contribution in [0.15, 0.2) is 5.03 Å². The molecule has 6 nitrogen and oxygen atoms in total. The molecule has 0 aliphatic heterocycles. The second-order valence-corrected chi connectivity index (χ2v) is 8.03. The zero-order valence-corrected chi connectivity index (χ0v) is 14.1. The minimum absolute atomic E-state index is 0.125. The van der Waals surface area contributed by atoms with Gasteiger partial charge in [0.1, 0.15) is 0 Å². The molecule has 0 atom stereocenters. The van der Waals surface area contributed by atoms with E-state index >= 15 is 0 Å². The summed E-state index contributed by atoms with van der Waals surface area (Å²) < 4.78 is 27.7. The first-order chi connectivity index (χ1) is 9.80. The van der Waals surface area contributed by atoms with Crippen LogP contribution in [0.3, 0.4) is 0 Å². The van der Waals surface area contributed by atoms with Crippen LogP contribution in [0.2, 0.25) is 0 Å². The van der Waals surface area contributed by atoms with Gasteiger partial charge >= 0.3 is 0 Å². The van der Waals surface area contributed by atoms with Crippen molar-refractivity contribution >= 4 is 10.0 Å². The first-order valence-electron chi connectivity index (χ1n) is 7.56. The molecular weight excluding hydrogens is 288 g/mol. The van der Waals surface area contributed by atoms with Crippen molar-refractivity contribution in [1.82, 2.24) is 20.2 Å². The number of nitrogens with zero attached hydrogens (tertiary/aromatic N) is 1. The number of hydrogen-bond acceptors (Lipinski definition) is 4. The van der Waals surface area contributed by atoms with E-state index < -0.39 is 10.0 Å². The molecule has 0 spiro atoms. The third-order valence-electron chi connectivity index (χ3n) is 4.32. The zero-order valence-electron chi connectivity index (χ0n) is 13.3. The quantitative estimate of drug-likeness (QED) is 0.681. The summed E-state index contributed by atoms with van der Waals surface area (Å²) in [5.41, 5.74) is 1.69. The molecule has 7 heteroatoms. The Morgan fingerprint density at radius 3 is 2.57 bits per heavy atom. The normalized spacial score (nSPS) is 17.4. The van der Waals surface area contributed by atoms with Gasteiger partial charge < -0.3 is 5.32 Å². The van der Waals surface area contributed by atoms with Crippen LogP contribution in [0.1, 0.15) is 51.3 Å². The van der Waals surface area contributed by atoms with E-state index in [2.05, 4.69) is 27.2 Å². The van der Waals surface area contributed by atoms with E-state index in [1.54, 1.807) is 0 Å². The SMILES string of the molecule is CCC1(CNS(=O)(=O)c2n[nH]c(C)c2CNC(C)C)CC1. The second kappa shape index (κ2) is 6.06. The van der Waals surface area contributed by atoms with Crippen molar-refractivity contribution in [1.29, 1.82) is 0 Å². The van der Waals surface area contributed by atoms with Gasteiger partial charge in [-0.3, -0.25) is 5.10 Å². The highest BCUT2D eigenvalue weighted by Crippen LogP contribution is 2.48. The van der Waals surface area contributed by atoms with Gasteiger partial charge in [-0.05, 0) is 31.6 Å². The molecule has 3 N–H and O–H groups in total. The zero-order chi connectivity index (χ0) is 15.7. The molecule has 0 bridgehead atoms. The molecule has 1 aliphatic carbocycles. The molecule has 1 aromatic rings. The van der Waals surface area contributed by atoms with Gasteiger partial charge in [-0.15, -0.1) is 0 Å². The maximum Gasteiger partial charge on any atom is 0.260 e. The van der Waals surface area contributed by atoms with Gasteiger partial charge in [-0.1, -0.05) is 20.8 Å². The Morgan fingerprint density at radius 1 is 1.38 bits per heavy atom. The third kappa shape index (κ3) is 3.84. The summed E-state index contributed by atoms with van der Waals surface area (Å²) in [7, 11) is -3.55. The van der Waals surface area contributed by atoms with E-state index in [4.69, 9.17) is 0 Å². The fraction of sp³-hybridized carbons (Fsp3) is 0.786. The van der Waals surface area contributed by atoms with Gasteiger partial charge in [-0.2, -0.15) is 5.10 Å². The summed E-state index contributed by atoms with van der Waals surface area (Å²) in [4.78, 5) is 0. The van der Waals surface area contributed by atoms with Gasteiger partial charge in [0.2, 0.25) is 0 Å². The number of aromatic amines is 1. The van der Waals surface area contributed by atoms with Crippen LogP contribution < -0.4 is 10.0 Å². The van der Waals surface area contributed by atoms with Gasteiger partial charge in [0.15, 0.2) is 5.03 Å². The number of aryl methyl sites for hydroxylation is 1. The molecule has 120 valence electrons. The highest BCUT2D eigenvalue weighted by molar-refractivity contribution is 7.89. The average Bonchev–Trinajstić information content (AvgIpc) is 3.11. The number of sulfonamides is 1. The minimum Gasteiger partial charge on any atom is -0.310 e. The van der Waals surface area contributed by atoms with Crippen LogP contribution in [0.5, 0.6) is 0 Å². The Labute approximate surface area is 127 Å². The topological polar surface area (TPSA) is 86.9 Å². The van der Waals surface area contributed by atoms with Crippen molar-refractivity contribution in [2.75, 3.05) is 6.54 Å². The number of rotatable bonds is 8. The second-order valence-electron chi connectivity index (χ2n) is 6.35. The van der Waals surface area contributed by atoms with Crippen molar-refractivity contribution in [2.45, 2.75) is 64.6 Å². The number of nitrogens with one attached hydrogen (secondary N) is 3. The van der Waals surface area contributed by atoms with E-state index in [0.29, 0.717) is 13.1 Å². The summed E-state index contributed by atoms with van der Waals surface area (Å²) in [5, 5.41) is 10.2. The molecule has 0 radical (unpaired) electrons. The molecular formula is C14H26N4O2S. The number of hydrogen-bond donors (Lipinski definition) is 3. The van der Waals surface area contributed by atoms with Crippen molar-refractivity contribution < 1.29 is 8.42 Å². The van der Waals surface area contributed by atoms with E-state index in [1.807, 2.05) is 20.8 Å². The molecule has 21 heavy (non-hydrogen) atoms. The average molecular weight is 314 g/mol. The monoisotopic (exact) mass is 314 g/mol. The van der Waals surface area contributed by atoms with Crippen molar-refractivity contribution in [3.8, 4) is 0 Å². The lowest BCUT2D eigenvalue weighted by atomic mass is 10.1. The summed E-state index contributed by atoms with van der Waals surface area (Å²) in [6.45, 7) is 9.01. The van der Waals surface area contributed by atoms with Crippen LogP contribution in [0.25, 0.3) is 0 Å². The van der Waals surface area contributed by atoms with Crippen LogP contribution in [0.4, 0.5) is 0 Å². The molecule has 0 aromatic carbocycles. The van der Waals surface area contributed by atoms with Crippen LogP contribution in [0, 0.1) is 12.3 Å². The predicted molar refractivity (Wildman–Crippen MR) is 82.4 cm³/mol. The van der Waals surface area contributed by atoms with E-state index in [1.165, 1.54) is 0 Å². The third-order valence-corrected chi connectivity index (χ3v) is 5.69. The van der Waals surface area contributed by atoms with Crippen molar-refractivity contribution in [3.05, 3.63) is 11.3 Å². The molecule has 1 heterocycles. The fourth-order valence-electron chi connectivity index (χ4n) is 2.32. The van der Waals surface area contributed by atoms with Gasteiger partial charge in [0.25, 0.3) is 10.0 Å². The molecule has 1 aromatic heterocycles. The number of aromatic nitrogens is 2. The fourth-order valence-corrected chi connectivity index (χ4v) is 3.66. The molecule has 1 aliphatic rings. The van der Waals surface area contributed by atoms with Gasteiger partial charge in [0.05, 0.1) is 0 Å². The molecule has 2 rings (SSSR count). The van der Waals surface area contributed by atoms with Gasteiger partial charge in [-0.25, -0.2) is 13.1 Å². The maximum atomic E-state index is 12.5. The van der Waals surface area contributed by atoms with Crippen LogP contribution in [-0.4, -0.2) is 31.2 Å². The van der Waals surface area contributed by atoms with E-state index in [9.17, 15) is 8.42 Å². The summed E-state index contributed by atoms with van der Waals surface area (Å²) in [6, 6.07) is 0.289. The van der Waals surface area contributed by atoms with Crippen molar-refractivity contribution in [3.63, 3.8) is 0 Å². The van der Waals surface area contributed by atoms with E-state index in [-0.39, 0.29) is 16.5 Å². The Bertz CT molecular complexity index is 588. The van der Waals surface area contributed by atoms with Gasteiger partial charge in [0, 0.05) is 30.4 Å². The molecule has 1 fully saturated rings. The summed E-state index contributed by atoms with van der Waals surface area (Å²) >= 11 is 0. The smallest absolute Gasteiger partial charge is 0.260 e. The first-order valence-corrected chi connectivity index (χ1v) is 9.05. The summed E-state index contributed by atoms with van der Waals surface area (Å²) in [6.07, 6.45) is 3.22. The highest BCUT2D eigenvalue weighted by atomic mass is 32.2. The number of H-pyrrole nitrogens is 1. The van der Waals surface area contributed by atoms with E-state index in [0.717, 1.165) is 30.5 Å². The molecule has 1 saturated carbocycles. The highest BCUT2D eigenvalue weighted by Gasteiger charge is 2.41. The lowest BCUT2D eigenvalue weighted by Gasteiger charge is -2.14. The Morgan fingerprint density at radius 2 is 2.05 bits per heavy atom. The lowest BCUT2D eigenvalue weighted by Crippen LogP contribution is -2.31. The molecule has 0 unspecified atom stereocenters. The molecule has 0 saturated heterocycles. The maximum absolute atomic E-state index is 12.5. The first kappa shape index (κ1) is 16.5. The Hall–Kier alpha value is -0.920. The largest absolute Gasteiger partial charge is 0.310 e.